The molecule has 1 spiro atoms. The summed E-state index contributed by atoms with van der Waals surface area (Å²) in [6.07, 6.45) is 5.74. The third-order valence-electron chi connectivity index (χ3n) is 5.95. The van der Waals surface area contributed by atoms with Crippen molar-refractivity contribution in [2.24, 2.45) is 0 Å². The van der Waals surface area contributed by atoms with Crippen molar-refractivity contribution in [1.29, 1.82) is 0 Å². The van der Waals surface area contributed by atoms with Crippen LogP contribution in [0.3, 0.4) is 0 Å². The molecule has 33 heavy (non-hydrogen) atoms. The molecule has 0 atom stereocenters. The number of nitrogens with one attached hydrogen (secondary N) is 4. The SMILES string of the molecule is O=C(CCN1C(=O)NC2(CCCCC2)C1=O)Nc1ccc(NC(=O)NCc2ccco2)cc1. The second kappa shape index (κ2) is 9.76. The minimum absolute atomic E-state index is 0.00439. The van der Waals surface area contributed by atoms with E-state index in [4.69, 9.17) is 4.42 Å². The summed E-state index contributed by atoms with van der Waals surface area (Å²) in [4.78, 5) is 50.5. The first-order valence-electron chi connectivity index (χ1n) is 11.1. The number of urea groups is 2. The van der Waals surface area contributed by atoms with Gasteiger partial charge >= 0.3 is 12.1 Å². The first-order valence-corrected chi connectivity index (χ1v) is 11.1. The Hall–Kier alpha value is -3.82. The van der Waals surface area contributed by atoms with E-state index in [9.17, 15) is 19.2 Å². The van der Waals surface area contributed by atoms with Gasteiger partial charge in [0.2, 0.25) is 5.91 Å². The molecule has 1 aliphatic heterocycles. The summed E-state index contributed by atoms with van der Waals surface area (Å²) in [7, 11) is 0. The topological polar surface area (TPSA) is 133 Å². The van der Waals surface area contributed by atoms with Crippen molar-refractivity contribution in [3.8, 4) is 0 Å². The van der Waals surface area contributed by atoms with Crippen LogP contribution >= 0.6 is 0 Å². The van der Waals surface area contributed by atoms with Gasteiger partial charge in [-0.25, -0.2) is 9.59 Å². The van der Waals surface area contributed by atoms with Gasteiger partial charge in [0.15, 0.2) is 0 Å². The number of carbonyl (C=O) groups is 4. The normalized spacial score (nSPS) is 17.0. The van der Waals surface area contributed by atoms with Crippen LogP contribution in [0, 0.1) is 0 Å². The Labute approximate surface area is 191 Å². The molecule has 1 aromatic heterocycles. The maximum absolute atomic E-state index is 12.8. The number of imide groups is 1. The van der Waals surface area contributed by atoms with Crippen molar-refractivity contribution in [2.45, 2.75) is 50.6 Å². The molecule has 2 heterocycles. The number of rotatable bonds is 7. The molecule has 4 rings (SSSR count). The molecule has 1 saturated heterocycles. The fourth-order valence-corrected chi connectivity index (χ4v) is 4.20. The molecule has 6 amide bonds. The second-order valence-corrected chi connectivity index (χ2v) is 8.29. The number of hydrogen-bond donors (Lipinski definition) is 4. The highest BCUT2D eigenvalue weighted by atomic mass is 16.3. The van der Waals surface area contributed by atoms with Crippen molar-refractivity contribution in [2.75, 3.05) is 17.2 Å². The Bertz CT molecular complexity index is 1010. The number of hydrogen-bond acceptors (Lipinski definition) is 5. The number of benzene rings is 1. The largest absolute Gasteiger partial charge is 0.467 e. The molecule has 10 nitrogen and oxygen atoms in total. The van der Waals surface area contributed by atoms with Crippen molar-refractivity contribution in [3.63, 3.8) is 0 Å². The fraction of sp³-hybridized carbons (Fsp3) is 0.391. The molecular weight excluding hydrogens is 426 g/mol. The molecule has 4 N–H and O–H groups in total. The van der Waals surface area contributed by atoms with Gasteiger partial charge in [-0.3, -0.25) is 14.5 Å². The van der Waals surface area contributed by atoms with Crippen LogP contribution in [0.15, 0.2) is 47.1 Å². The lowest BCUT2D eigenvalue weighted by Crippen LogP contribution is -2.48. The molecule has 2 aliphatic rings. The average Bonchev–Trinajstić information content (AvgIpc) is 3.40. The van der Waals surface area contributed by atoms with Crippen LogP contribution in [0.25, 0.3) is 0 Å². The maximum atomic E-state index is 12.8. The average molecular weight is 453 g/mol. The lowest BCUT2D eigenvalue weighted by Gasteiger charge is -2.30. The van der Waals surface area contributed by atoms with Crippen molar-refractivity contribution < 1.29 is 23.6 Å². The highest BCUT2D eigenvalue weighted by molar-refractivity contribution is 6.07. The van der Waals surface area contributed by atoms with Crippen molar-refractivity contribution in [3.05, 3.63) is 48.4 Å². The second-order valence-electron chi connectivity index (χ2n) is 8.29. The van der Waals surface area contributed by atoms with Crippen molar-refractivity contribution in [1.82, 2.24) is 15.5 Å². The van der Waals surface area contributed by atoms with Crippen LogP contribution < -0.4 is 21.3 Å². The number of anilines is 2. The third-order valence-corrected chi connectivity index (χ3v) is 5.95. The predicted octanol–water partition coefficient (Wildman–Crippen LogP) is 3.18. The molecule has 1 aliphatic carbocycles. The standard InChI is InChI=1S/C23H27N5O5/c29-19(10-13-28-20(30)23(27-22(28)32)11-2-1-3-12-23)25-16-6-8-17(9-7-16)26-21(31)24-15-18-5-4-14-33-18/h4-9,14H,1-3,10-13,15H2,(H,25,29)(H,27,32)(H2,24,26,31). The van der Waals surface area contributed by atoms with E-state index in [0.29, 0.717) is 30.0 Å². The molecule has 10 heteroatoms. The zero-order valence-electron chi connectivity index (χ0n) is 18.2. The quantitative estimate of drug-likeness (QED) is 0.478. The summed E-state index contributed by atoms with van der Waals surface area (Å²) in [6.45, 7) is 0.305. The number of nitrogens with zero attached hydrogens (tertiary/aromatic N) is 1. The lowest BCUT2D eigenvalue weighted by atomic mass is 9.82. The minimum Gasteiger partial charge on any atom is -0.467 e. The zero-order chi connectivity index (χ0) is 23.3. The molecule has 1 saturated carbocycles. The lowest BCUT2D eigenvalue weighted by molar-refractivity contribution is -0.132. The molecule has 1 aromatic carbocycles. The number of furan rings is 1. The summed E-state index contributed by atoms with van der Waals surface area (Å²) in [5.41, 5.74) is 0.323. The molecule has 0 bridgehead atoms. The maximum Gasteiger partial charge on any atom is 0.325 e. The van der Waals surface area contributed by atoms with E-state index >= 15 is 0 Å². The van der Waals surface area contributed by atoms with Crippen LogP contribution in [0.1, 0.15) is 44.3 Å². The Balaban J connectivity index is 1.22. The fourth-order valence-electron chi connectivity index (χ4n) is 4.20. The third kappa shape index (κ3) is 5.33. The van der Waals surface area contributed by atoms with Gasteiger partial charge in [-0.1, -0.05) is 19.3 Å². The molecule has 2 aromatic rings. The summed E-state index contributed by atoms with van der Waals surface area (Å²) >= 11 is 0. The molecule has 0 radical (unpaired) electrons. The summed E-state index contributed by atoms with van der Waals surface area (Å²) in [5.74, 6) is 0.114. The monoisotopic (exact) mass is 453 g/mol. The van der Waals surface area contributed by atoms with Gasteiger partial charge < -0.3 is 25.7 Å². The number of carbonyl (C=O) groups excluding carboxylic acids is 4. The number of amides is 6. The van der Waals surface area contributed by atoms with Crippen LogP contribution in [0.4, 0.5) is 21.0 Å². The smallest absolute Gasteiger partial charge is 0.325 e. The van der Waals surface area contributed by atoms with E-state index in [0.717, 1.165) is 24.2 Å². The van der Waals surface area contributed by atoms with Gasteiger partial charge in [0, 0.05) is 24.3 Å². The van der Waals surface area contributed by atoms with E-state index in [2.05, 4.69) is 21.3 Å². The molecule has 0 unspecified atom stereocenters. The van der Waals surface area contributed by atoms with E-state index < -0.39 is 11.6 Å². The van der Waals surface area contributed by atoms with Gasteiger partial charge in [0.1, 0.15) is 11.3 Å². The molecule has 2 fully saturated rings. The Morgan fingerprint density at radius 3 is 2.36 bits per heavy atom. The Morgan fingerprint density at radius 1 is 1.00 bits per heavy atom. The van der Waals surface area contributed by atoms with E-state index in [-0.39, 0.29) is 37.4 Å². The van der Waals surface area contributed by atoms with Crippen molar-refractivity contribution >= 4 is 35.3 Å². The highest BCUT2D eigenvalue weighted by Gasteiger charge is 2.51. The van der Waals surface area contributed by atoms with Gasteiger partial charge in [-0.05, 0) is 49.2 Å². The minimum atomic E-state index is -0.779. The summed E-state index contributed by atoms with van der Waals surface area (Å²) in [5, 5.41) is 10.9. The Kier molecular flexibility index (Phi) is 6.62. The summed E-state index contributed by atoms with van der Waals surface area (Å²) < 4.78 is 5.15. The molecule has 174 valence electrons. The predicted molar refractivity (Wildman–Crippen MR) is 120 cm³/mol. The Morgan fingerprint density at radius 2 is 1.70 bits per heavy atom. The van der Waals surface area contributed by atoms with E-state index in [1.807, 2.05) is 0 Å². The highest BCUT2D eigenvalue weighted by Crippen LogP contribution is 2.33. The van der Waals surface area contributed by atoms with Crippen LogP contribution in [-0.4, -0.2) is 40.9 Å². The van der Waals surface area contributed by atoms with Gasteiger partial charge in [0.05, 0.1) is 12.8 Å². The van der Waals surface area contributed by atoms with Gasteiger partial charge in [-0.2, -0.15) is 0 Å². The van der Waals surface area contributed by atoms with Crippen LogP contribution in [0.5, 0.6) is 0 Å². The van der Waals surface area contributed by atoms with E-state index in [1.165, 1.54) is 6.26 Å². The zero-order valence-corrected chi connectivity index (χ0v) is 18.2. The first kappa shape index (κ1) is 22.4. The summed E-state index contributed by atoms with van der Waals surface area (Å²) in [6, 6.07) is 9.34. The molecular formula is C23H27N5O5. The van der Waals surface area contributed by atoms with Crippen LogP contribution in [0.2, 0.25) is 0 Å². The van der Waals surface area contributed by atoms with Crippen LogP contribution in [-0.2, 0) is 16.1 Å². The van der Waals surface area contributed by atoms with Gasteiger partial charge in [0.25, 0.3) is 5.91 Å². The van der Waals surface area contributed by atoms with E-state index in [1.54, 1.807) is 36.4 Å². The first-order chi connectivity index (χ1) is 15.9. The van der Waals surface area contributed by atoms with Gasteiger partial charge in [-0.15, -0.1) is 0 Å².